The normalized spacial score (nSPS) is 11.1. The number of amides is 1. The third-order valence-electron chi connectivity index (χ3n) is 3.93. The summed E-state index contributed by atoms with van der Waals surface area (Å²) in [5, 5.41) is 3.91. The number of ether oxygens (including phenoxy) is 1. The Kier molecular flexibility index (Phi) is 5.04. The van der Waals surface area contributed by atoms with Crippen LogP contribution in [-0.2, 0) is 4.79 Å². The van der Waals surface area contributed by atoms with Gasteiger partial charge in [-0.05, 0) is 55.2 Å². The second-order valence-corrected chi connectivity index (χ2v) is 7.68. The smallest absolute Gasteiger partial charge is 0.262 e. The molecule has 0 aliphatic heterocycles. The van der Waals surface area contributed by atoms with Crippen molar-refractivity contribution in [3.8, 4) is 5.75 Å². The van der Waals surface area contributed by atoms with Crippen LogP contribution in [0.3, 0.4) is 0 Å². The van der Waals surface area contributed by atoms with Crippen molar-refractivity contribution >= 4 is 33.1 Å². The Bertz CT molecular complexity index is 915. The van der Waals surface area contributed by atoms with E-state index < -0.39 is 0 Å². The van der Waals surface area contributed by atoms with Crippen LogP contribution in [0.2, 0.25) is 0 Å². The summed E-state index contributed by atoms with van der Waals surface area (Å²) in [6.07, 6.45) is 0. The van der Waals surface area contributed by atoms with Crippen LogP contribution in [0.4, 0.5) is 5.69 Å². The highest BCUT2D eigenvalue weighted by Gasteiger charge is 2.11. The van der Waals surface area contributed by atoms with Crippen LogP contribution in [0.1, 0.15) is 35.9 Å². The molecule has 3 aromatic rings. The van der Waals surface area contributed by atoms with E-state index in [1.54, 1.807) is 11.3 Å². The van der Waals surface area contributed by atoms with Crippen LogP contribution in [0.25, 0.3) is 10.2 Å². The van der Waals surface area contributed by atoms with Gasteiger partial charge in [0.2, 0.25) is 0 Å². The minimum absolute atomic E-state index is 0.0110. The van der Waals surface area contributed by atoms with Crippen LogP contribution in [0.15, 0.2) is 36.4 Å². The van der Waals surface area contributed by atoms with Gasteiger partial charge in [-0.2, -0.15) is 0 Å². The summed E-state index contributed by atoms with van der Waals surface area (Å²) in [4.78, 5) is 16.7. The van der Waals surface area contributed by atoms with E-state index in [0.29, 0.717) is 5.92 Å². The first-order valence-electron chi connectivity index (χ1n) is 8.33. The molecule has 1 amide bonds. The van der Waals surface area contributed by atoms with Gasteiger partial charge < -0.3 is 10.1 Å². The van der Waals surface area contributed by atoms with Gasteiger partial charge in [0.05, 0.1) is 15.2 Å². The molecule has 25 heavy (non-hydrogen) atoms. The number of aryl methyl sites for hydroxylation is 2. The summed E-state index contributed by atoms with van der Waals surface area (Å²) in [7, 11) is 0. The van der Waals surface area contributed by atoms with Crippen molar-refractivity contribution in [3.05, 3.63) is 52.5 Å². The molecule has 1 N–H and O–H groups in total. The maximum atomic E-state index is 12.2. The number of anilines is 1. The molecular weight excluding hydrogens is 332 g/mol. The number of nitrogens with one attached hydrogen (secondary N) is 1. The number of aromatic nitrogens is 1. The van der Waals surface area contributed by atoms with E-state index >= 15 is 0 Å². The Morgan fingerprint density at radius 3 is 2.76 bits per heavy atom. The van der Waals surface area contributed by atoms with Gasteiger partial charge in [0.1, 0.15) is 5.75 Å². The highest BCUT2D eigenvalue weighted by molar-refractivity contribution is 7.18. The second-order valence-electron chi connectivity index (χ2n) is 6.45. The van der Waals surface area contributed by atoms with Crippen molar-refractivity contribution in [2.24, 2.45) is 0 Å². The Hall–Kier alpha value is -2.40. The van der Waals surface area contributed by atoms with Crippen molar-refractivity contribution < 1.29 is 9.53 Å². The number of carbonyl (C=O) groups excluding carboxylic acids is 1. The molecule has 0 radical (unpaired) electrons. The number of hydrogen-bond acceptors (Lipinski definition) is 4. The summed E-state index contributed by atoms with van der Waals surface area (Å²) in [5.41, 5.74) is 3.95. The number of hydrogen-bond donors (Lipinski definition) is 1. The molecule has 4 nitrogen and oxygen atoms in total. The summed E-state index contributed by atoms with van der Waals surface area (Å²) >= 11 is 1.62. The molecule has 130 valence electrons. The van der Waals surface area contributed by atoms with Gasteiger partial charge in [-0.1, -0.05) is 26.0 Å². The standard InChI is InChI=1S/C20H22N2O2S/c1-12(2)16-7-5-13(3)9-18(16)24-11-20(23)22-15-6-8-17-19(10-15)25-14(4)21-17/h5-10,12H,11H2,1-4H3,(H,22,23). The van der Waals surface area contributed by atoms with Gasteiger partial charge >= 0.3 is 0 Å². The summed E-state index contributed by atoms with van der Waals surface area (Å²) in [6, 6.07) is 11.8. The zero-order valence-electron chi connectivity index (χ0n) is 14.9. The zero-order valence-corrected chi connectivity index (χ0v) is 15.7. The van der Waals surface area contributed by atoms with Crippen LogP contribution in [-0.4, -0.2) is 17.5 Å². The molecule has 0 saturated carbocycles. The molecule has 1 aromatic heterocycles. The Morgan fingerprint density at radius 2 is 2.00 bits per heavy atom. The lowest BCUT2D eigenvalue weighted by atomic mass is 10.0. The van der Waals surface area contributed by atoms with E-state index in [0.717, 1.165) is 37.8 Å². The van der Waals surface area contributed by atoms with E-state index in [-0.39, 0.29) is 12.5 Å². The number of thiazole rings is 1. The molecule has 0 bridgehead atoms. The molecule has 0 aliphatic carbocycles. The van der Waals surface area contributed by atoms with Crippen LogP contribution in [0.5, 0.6) is 5.75 Å². The lowest BCUT2D eigenvalue weighted by molar-refractivity contribution is -0.118. The lowest BCUT2D eigenvalue weighted by Gasteiger charge is -2.14. The van der Waals surface area contributed by atoms with E-state index in [1.807, 2.05) is 38.1 Å². The molecule has 0 saturated heterocycles. The van der Waals surface area contributed by atoms with Crippen LogP contribution >= 0.6 is 11.3 Å². The molecule has 1 heterocycles. The number of fused-ring (bicyclic) bond motifs is 1. The monoisotopic (exact) mass is 354 g/mol. The van der Waals surface area contributed by atoms with Gasteiger partial charge in [0.15, 0.2) is 6.61 Å². The Balaban J connectivity index is 1.67. The minimum atomic E-state index is -0.170. The van der Waals surface area contributed by atoms with E-state index in [4.69, 9.17) is 4.74 Å². The average Bonchev–Trinajstić information content (AvgIpc) is 2.92. The third-order valence-corrected chi connectivity index (χ3v) is 4.86. The molecule has 0 atom stereocenters. The first-order valence-corrected chi connectivity index (χ1v) is 9.14. The van der Waals surface area contributed by atoms with Crippen molar-refractivity contribution in [1.82, 2.24) is 4.98 Å². The maximum Gasteiger partial charge on any atom is 0.262 e. The number of rotatable bonds is 5. The van der Waals surface area contributed by atoms with Gasteiger partial charge in [-0.25, -0.2) is 4.98 Å². The fraction of sp³-hybridized carbons (Fsp3) is 0.300. The average molecular weight is 354 g/mol. The summed E-state index contributed by atoms with van der Waals surface area (Å²) < 4.78 is 6.85. The predicted octanol–water partition coefficient (Wildman–Crippen LogP) is 5.05. The quantitative estimate of drug-likeness (QED) is 0.697. The largest absolute Gasteiger partial charge is 0.483 e. The molecule has 0 fully saturated rings. The van der Waals surface area contributed by atoms with Crippen LogP contribution < -0.4 is 10.1 Å². The van der Waals surface area contributed by atoms with E-state index in [1.165, 1.54) is 0 Å². The van der Waals surface area contributed by atoms with Gasteiger partial charge in [-0.3, -0.25) is 4.79 Å². The van der Waals surface area contributed by atoms with E-state index in [2.05, 4.69) is 36.3 Å². The Morgan fingerprint density at radius 1 is 1.20 bits per heavy atom. The lowest BCUT2D eigenvalue weighted by Crippen LogP contribution is -2.20. The number of nitrogens with zero attached hydrogens (tertiary/aromatic N) is 1. The molecule has 3 rings (SSSR count). The fourth-order valence-electron chi connectivity index (χ4n) is 2.70. The highest BCUT2D eigenvalue weighted by Crippen LogP contribution is 2.28. The van der Waals surface area contributed by atoms with Crippen molar-refractivity contribution in [2.75, 3.05) is 11.9 Å². The maximum absolute atomic E-state index is 12.2. The van der Waals surface area contributed by atoms with Crippen molar-refractivity contribution in [3.63, 3.8) is 0 Å². The minimum Gasteiger partial charge on any atom is -0.483 e. The highest BCUT2D eigenvalue weighted by atomic mass is 32.1. The third kappa shape index (κ3) is 4.17. The molecule has 0 spiro atoms. The Labute approximate surface area is 151 Å². The van der Waals surface area contributed by atoms with Gasteiger partial charge in [0.25, 0.3) is 5.91 Å². The topological polar surface area (TPSA) is 51.2 Å². The fourth-order valence-corrected chi connectivity index (χ4v) is 3.57. The van der Waals surface area contributed by atoms with Crippen LogP contribution in [0, 0.1) is 13.8 Å². The predicted molar refractivity (Wildman–Crippen MR) is 104 cm³/mol. The molecule has 0 unspecified atom stereocenters. The summed E-state index contributed by atoms with van der Waals surface area (Å²) in [5.74, 6) is 0.950. The van der Waals surface area contributed by atoms with Gasteiger partial charge in [0, 0.05) is 5.69 Å². The molecule has 0 aliphatic rings. The van der Waals surface area contributed by atoms with Crippen molar-refractivity contribution in [1.29, 1.82) is 0 Å². The first-order chi connectivity index (χ1) is 11.9. The summed E-state index contributed by atoms with van der Waals surface area (Å²) in [6.45, 7) is 8.21. The van der Waals surface area contributed by atoms with Gasteiger partial charge in [-0.15, -0.1) is 11.3 Å². The molecule has 5 heteroatoms. The second kappa shape index (κ2) is 7.23. The molecule has 2 aromatic carbocycles. The first kappa shape index (κ1) is 17.4. The number of carbonyl (C=O) groups is 1. The molecular formula is C20H22N2O2S. The van der Waals surface area contributed by atoms with E-state index in [9.17, 15) is 4.79 Å². The van der Waals surface area contributed by atoms with Crippen molar-refractivity contribution in [2.45, 2.75) is 33.6 Å². The number of benzene rings is 2. The SMILES string of the molecule is Cc1ccc(C(C)C)c(OCC(=O)Nc2ccc3nc(C)sc3c2)c1. The zero-order chi connectivity index (χ0) is 18.0.